The van der Waals surface area contributed by atoms with Crippen molar-refractivity contribution in [2.45, 2.75) is 12.5 Å². The summed E-state index contributed by atoms with van der Waals surface area (Å²) in [6.45, 7) is 0.833. The second-order valence-corrected chi connectivity index (χ2v) is 6.91. The molecule has 3 heteroatoms. The van der Waals surface area contributed by atoms with E-state index in [-0.39, 0.29) is 17.5 Å². The normalized spacial score (nSPS) is 16.7. The zero-order chi connectivity index (χ0) is 17.7. The Labute approximate surface area is 151 Å². The monoisotopic (exact) mass is 341 g/mol. The summed E-state index contributed by atoms with van der Waals surface area (Å²) in [5.41, 5.74) is 3.35. The molecule has 3 nitrogen and oxygen atoms in total. The molecular formula is C23H19NO2. The summed E-state index contributed by atoms with van der Waals surface area (Å²) in [5, 5.41) is 28.5. The minimum Gasteiger partial charge on any atom is -0.504 e. The van der Waals surface area contributed by atoms with Crippen molar-refractivity contribution in [3.05, 3.63) is 83.4 Å². The molecule has 1 aliphatic rings. The number of rotatable bonds is 1. The molecule has 4 aromatic carbocycles. The van der Waals surface area contributed by atoms with Crippen LogP contribution in [0, 0.1) is 0 Å². The van der Waals surface area contributed by atoms with E-state index in [0.29, 0.717) is 0 Å². The van der Waals surface area contributed by atoms with E-state index in [2.05, 4.69) is 59.9 Å². The zero-order valence-corrected chi connectivity index (χ0v) is 14.2. The van der Waals surface area contributed by atoms with Crippen molar-refractivity contribution in [2.75, 3.05) is 6.54 Å². The molecular weight excluding hydrogens is 322 g/mol. The summed E-state index contributed by atoms with van der Waals surface area (Å²) in [5.74, 6) is -0.117. The van der Waals surface area contributed by atoms with Crippen LogP contribution in [-0.2, 0) is 6.42 Å². The van der Waals surface area contributed by atoms with Crippen molar-refractivity contribution in [1.82, 2.24) is 5.32 Å². The third-order valence-corrected chi connectivity index (χ3v) is 5.39. The van der Waals surface area contributed by atoms with Crippen molar-refractivity contribution >= 4 is 21.5 Å². The summed E-state index contributed by atoms with van der Waals surface area (Å²) in [6.07, 6.45) is 0.836. The van der Waals surface area contributed by atoms with Crippen LogP contribution >= 0.6 is 0 Å². The minimum absolute atomic E-state index is 0.0266. The van der Waals surface area contributed by atoms with Gasteiger partial charge in [0.2, 0.25) is 0 Å². The molecule has 0 fully saturated rings. The largest absolute Gasteiger partial charge is 0.504 e. The molecule has 1 heterocycles. The number of phenols is 2. The van der Waals surface area contributed by atoms with Gasteiger partial charge in [0.15, 0.2) is 11.5 Å². The van der Waals surface area contributed by atoms with Crippen LogP contribution in [0.1, 0.15) is 22.7 Å². The molecule has 1 aliphatic heterocycles. The lowest BCUT2D eigenvalue weighted by Gasteiger charge is -2.29. The van der Waals surface area contributed by atoms with Gasteiger partial charge in [-0.15, -0.1) is 0 Å². The fraction of sp³-hybridized carbons (Fsp3) is 0.130. The Morgan fingerprint density at radius 3 is 2.08 bits per heavy atom. The predicted octanol–water partition coefficient (Wildman–Crippen LogP) is 4.64. The molecule has 0 radical (unpaired) electrons. The number of nitrogens with one attached hydrogen (secondary N) is 1. The third kappa shape index (κ3) is 2.25. The van der Waals surface area contributed by atoms with Crippen LogP contribution in [0.2, 0.25) is 0 Å². The van der Waals surface area contributed by atoms with Crippen molar-refractivity contribution in [3.63, 3.8) is 0 Å². The van der Waals surface area contributed by atoms with Gasteiger partial charge in [-0.25, -0.2) is 0 Å². The second-order valence-electron chi connectivity index (χ2n) is 6.91. The first kappa shape index (κ1) is 15.2. The molecule has 0 saturated carbocycles. The lowest BCUT2D eigenvalue weighted by molar-refractivity contribution is 0.400. The third-order valence-electron chi connectivity index (χ3n) is 5.39. The fourth-order valence-corrected chi connectivity index (χ4v) is 4.20. The lowest BCUT2D eigenvalue weighted by atomic mass is 9.84. The lowest BCUT2D eigenvalue weighted by Crippen LogP contribution is -2.30. The van der Waals surface area contributed by atoms with E-state index in [1.807, 2.05) is 0 Å². The minimum atomic E-state index is -0.0676. The maximum atomic E-state index is 10.1. The number of hydrogen-bond acceptors (Lipinski definition) is 3. The summed E-state index contributed by atoms with van der Waals surface area (Å²) < 4.78 is 0. The first-order chi connectivity index (χ1) is 12.7. The Morgan fingerprint density at radius 1 is 0.769 bits per heavy atom. The Bertz CT molecular complexity index is 1100. The van der Waals surface area contributed by atoms with Gasteiger partial charge in [-0.1, -0.05) is 48.5 Å². The van der Waals surface area contributed by atoms with E-state index >= 15 is 0 Å². The Kier molecular flexibility index (Phi) is 3.37. The van der Waals surface area contributed by atoms with Crippen LogP contribution in [0.3, 0.4) is 0 Å². The van der Waals surface area contributed by atoms with Gasteiger partial charge in [0.05, 0.1) is 6.04 Å². The topological polar surface area (TPSA) is 52.5 Å². The fourth-order valence-electron chi connectivity index (χ4n) is 4.20. The highest BCUT2D eigenvalue weighted by molar-refractivity contribution is 6.03. The first-order valence-corrected chi connectivity index (χ1v) is 8.91. The van der Waals surface area contributed by atoms with Crippen LogP contribution in [0.15, 0.2) is 66.7 Å². The van der Waals surface area contributed by atoms with Gasteiger partial charge in [0.1, 0.15) is 0 Å². The van der Waals surface area contributed by atoms with E-state index < -0.39 is 0 Å². The summed E-state index contributed by atoms with van der Waals surface area (Å²) in [6, 6.07) is 22.5. The van der Waals surface area contributed by atoms with Crippen LogP contribution in [0.25, 0.3) is 21.5 Å². The number of phenolic OH excluding ortho intramolecular Hbond substituents is 2. The van der Waals surface area contributed by atoms with Gasteiger partial charge in [0.25, 0.3) is 0 Å². The SMILES string of the molecule is Oc1cc2c(cc1O)[C@@H](c1c3ccccc3cc3ccccc13)NCC2. The number of aromatic hydroxyl groups is 2. The molecule has 0 unspecified atom stereocenters. The number of hydrogen-bond donors (Lipinski definition) is 3. The van der Waals surface area contributed by atoms with Crippen LogP contribution in [0.5, 0.6) is 11.5 Å². The molecule has 128 valence electrons. The maximum Gasteiger partial charge on any atom is 0.157 e. The average Bonchev–Trinajstić information content (AvgIpc) is 2.67. The molecule has 3 N–H and O–H groups in total. The Hall–Kier alpha value is -3.04. The van der Waals surface area contributed by atoms with Gasteiger partial charge >= 0.3 is 0 Å². The molecule has 0 spiro atoms. The zero-order valence-electron chi connectivity index (χ0n) is 14.2. The Balaban J connectivity index is 1.86. The summed E-state index contributed by atoms with van der Waals surface area (Å²) in [7, 11) is 0. The molecule has 0 bridgehead atoms. The molecule has 1 atom stereocenters. The van der Waals surface area contributed by atoms with Crippen molar-refractivity contribution < 1.29 is 10.2 Å². The van der Waals surface area contributed by atoms with Crippen molar-refractivity contribution in [1.29, 1.82) is 0 Å². The van der Waals surface area contributed by atoms with Gasteiger partial charge in [-0.2, -0.15) is 0 Å². The van der Waals surface area contributed by atoms with Crippen LogP contribution < -0.4 is 5.32 Å². The molecule has 26 heavy (non-hydrogen) atoms. The van der Waals surface area contributed by atoms with Crippen molar-refractivity contribution in [3.8, 4) is 11.5 Å². The Morgan fingerprint density at radius 2 is 1.38 bits per heavy atom. The van der Waals surface area contributed by atoms with Gasteiger partial charge in [-0.05, 0) is 62.9 Å². The predicted molar refractivity (Wildman–Crippen MR) is 105 cm³/mol. The molecule has 0 aromatic heterocycles. The highest BCUT2D eigenvalue weighted by atomic mass is 16.3. The van der Waals surface area contributed by atoms with E-state index in [9.17, 15) is 10.2 Å². The number of fused-ring (bicyclic) bond motifs is 3. The van der Waals surface area contributed by atoms with Crippen molar-refractivity contribution in [2.24, 2.45) is 0 Å². The molecule has 0 saturated heterocycles. The van der Waals surface area contributed by atoms with Gasteiger partial charge in [0, 0.05) is 6.54 Å². The molecule has 0 amide bonds. The smallest absolute Gasteiger partial charge is 0.157 e. The number of benzene rings is 4. The van der Waals surface area contributed by atoms with E-state index in [4.69, 9.17) is 0 Å². The standard InChI is InChI=1S/C23H19NO2/c25-20-12-16-9-10-24-23(19(16)13-21(20)26)22-17-7-3-1-5-14(17)11-15-6-2-4-8-18(15)22/h1-8,11-13,23-26H,9-10H2/t23-/m0/s1. The maximum absolute atomic E-state index is 10.1. The summed E-state index contributed by atoms with van der Waals surface area (Å²) in [4.78, 5) is 0. The molecule has 4 aromatic rings. The van der Waals surface area contributed by atoms with Gasteiger partial charge < -0.3 is 15.5 Å². The quantitative estimate of drug-likeness (QED) is 0.349. The van der Waals surface area contributed by atoms with Crippen LogP contribution in [-0.4, -0.2) is 16.8 Å². The molecule has 0 aliphatic carbocycles. The second kappa shape index (κ2) is 5.75. The molecule has 5 rings (SSSR count). The van der Waals surface area contributed by atoms with E-state index in [0.717, 1.165) is 24.1 Å². The van der Waals surface area contributed by atoms with E-state index in [1.54, 1.807) is 12.1 Å². The van der Waals surface area contributed by atoms with E-state index in [1.165, 1.54) is 27.1 Å². The average molecular weight is 341 g/mol. The van der Waals surface area contributed by atoms with Gasteiger partial charge in [-0.3, -0.25) is 0 Å². The highest BCUT2D eigenvalue weighted by Gasteiger charge is 2.26. The highest BCUT2D eigenvalue weighted by Crippen LogP contribution is 2.41. The first-order valence-electron chi connectivity index (χ1n) is 8.91. The van der Waals surface area contributed by atoms with Crippen LogP contribution in [0.4, 0.5) is 0 Å². The summed E-state index contributed by atoms with van der Waals surface area (Å²) >= 11 is 0.